The van der Waals surface area contributed by atoms with E-state index in [1.807, 2.05) is 12.1 Å². The zero-order chi connectivity index (χ0) is 18.9. The Morgan fingerprint density at radius 3 is 2.15 bits per heavy atom. The highest BCUT2D eigenvalue weighted by Crippen LogP contribution is 2.23. The molecule has 0 aliphatic rings. The Labute approximate surface area is 159 Å². The van der Waals surface area contributed by atoms with E-state index in [1.165, 1.54) is 0 Å². The molecule has 0 aliphatic heterocycles. The van der Waals surface area contributed by atoms with Crippen molar-refractivity contribution in [3.8, 4) is 17.2 Å². The molecule has 2 aromatic carbocycles. The van der Waals surface area contributed by atoms with Crippen LogP contribution in [0.25, 0.3) is 0 Å². The molecule has 5 nitrogen and oxygen atoms in total. The van der Waals surface area contributed by atoms with Crippen molar-refractivity contribution in [2.45, 2.75) is 12.8 Å². The van der Waals surface area contributed by atoms with Gasteiger partial charge in [0.15, 0.2) is 0 Å². The van der Waals surface area contributed by atoms with Crippen molar-refractivity contribution < 1.29 is 19.0 Å². The first kappa shape index (κ1) is 19.9. The largest absolute Gasteiger partial charge is 0.497 e. The molecule has 0 N–H and O–H groups in total. The van der Waals surface area contributed by atoms with Crippen LogP contribution in [0.2, 0.25) is 5.02 Å². The van der Waals surface area contributed by atoms with Crippen molar-refractivity contribution in [1.82, 2.24) is 4.90 Å². The molecule has 0 fully saturated rings. The van der Waals surface area contributed by atoms with Gasteiger partial charge >= 0.3 is 0 Å². The molecule has 0 heterocycles. The average molecular weight is 378 g/mol. The van der Waals surface area contributed by atoms with Crippen LogP contribution in [0.5, 0.6) is 17.2 Å². The number of rotatable bonds is 9. The van der Waals surface area contributed by atoms with E-state index in [2.05, 4.69) is 0 Å². The lowest BCUT2D eigenvalue weighted by Crippen LogP contribution is -2.28. The summed E-state index contributed by atoms with van der Waals surface area (Å²) in [7, 11) is 4.91. The maximum atomic E-state index is 12.6. The number of amides is 1. The highest BCUT2D eigenvalue weighted by molar-refractivity contribution is 6.30. The highest BCUT2D eigenvalue weighted by atomic mass is 35.5. The number of benzene rings is 2. The van der Waals surface area contributed by atoms with E-state index in [9.17, 15) is 4.79 Å². The van der Waals surface area contributed by atoms with E-state index >= 15 is 0 Å². The molecule has 0 atom stereocenters. The topological polar surface area (TPSA) is 48.0 Å². The first-order chi connectivity index (χ1) is 12.5. The second-order valence-corrected chi connectivity index (χ2v) is 6.27. The van der Waals surface area contributed by atoms with Gasteiger partial charge in [-0.2, -0.15) is 0 Å². The predicted octanol–water partition coefficient (Wildman–Crippen LogP) is 4.29. The van der Waals surface area contributed by atoms with Crippen molar-refractivity contribution in [3.05, 3.63) is 53.1 Å². The summed E-state index contributed by atoms with van der Waals surface area (Å²) in [6.45, 7) is 1.24. The normalized spacial score (nSPS) is 10.3. The fraction of sp³-hybridized carbons (Fsp3) is 0.350. The first-order valence-electron chi connectivity index (χ1n) is 8.40. The van der Waals surface area contributed by atoms with E-state index < -0.39 is 0 Å². The van der Waals surface area contributed by atoms with Gasteiger partial charge < -0.3 is 19.1 Å². The molecule has 0 aromatic heterocycles. The number of hydrogen-bond acceptors (Lipinski definition) is 4. The number of methoxy groups -OCH3 is 2. The number of nitrogens with zero attached hydrogens (tertiary/aromatic N) is 1. The van der Waals surface area contributed by atoms with Crippen LogP contribution in [0.4, 0.5) is 0 Å². The lowest BCUT2D eigenvalue weighted by Gasteiger charge is -2.18. The summed E-state index contributed by atoms with van der Waals surface area (Å²) >= 11 is 5.84. The lowest BCUT2D eigenvalue weighted by atomic mass is 10.1. The van der Waals surface area contributed by atoms with Crippen LogP contribution < -0.4 is 14.2 Å². The van der Waals surface area contributed by atoms with Crippen LogP contribution in [0.3, 0.4) is 0 Å². The number of carbonyl (C=O) groups excluding carboxylic acids is 1. The second-order valence-electron chi connectivity index (χ2n) is 5.84. The molecule has 0 radical (unpaired) electrons. The third-order valence-electron chi connectivity index (χ3n) is 3.92. The average Bonchev–Trinajstić information content (AvgIpc) is 2.67. The Hall–Kier alpha value is -2.40. The van der Waals surface area contributed by atoms with Crippen molar-refractivity contribution in [1.29, 1.82) is 0 Å². The molecule has 6 heteroatoms. The first-order valence-corrected chi connectivity index (χ1v) is 8.78. The lowest BCUT2D eigenvalue weighted by molar-refractivity contribution is 0.0790. The van der Waals surface area contributed by atoms with Gasteiger partial charge in [0.2, 0.25) is 0 Å². The van der Waals surface area contributed by atoms with Gasteiger partial charge in [-0.25, -0.2) is 0 Å². The third-order valence-corrected chi connectivity index (χ3v) is 4.17. The third kappa shape index (κ3) is 5.85. The minimum absolute atomic E-state index is 0.0687. The Morgan fingerprint density at radius 2 is 1.58 bits per heavy atom. The van der Waals surface area contributed by atoms with Crippen molar-refractivity contribution in [2.24, 2.45) is 0 Å². The monoisotopic (exact) mass is 377 g/mol. The zero-order valence-corrected chi connectivity index (χ0v) is 16.1. The van der Waals surface area contributed by atoms with Gasteiger partial charge in [0.1, 0.15) is 17.2 Å². The number of halogens is 1. The quantitative estimate of drug-likeness (QED) is 0.612. The molecule has 0 bridgehead atoms. The number of carbonyl (C=O) groups is 1. The van der Waals surface area contributed by atoms with Crippen LogP contribution in [-0.2, 0) is 0 Å². The van der Waals surface area contributed by atoms with Crippen molar-refractivity contribution in [2.75, 3.05) is 34.4 Å². The van der Waals surface area contributed by atoms with Gasteiger partial charge in [-0.15, -0.1) is 0 Å². The number of unbranched alkanes of at least 4 members (excludes halogenated alkanes) is 1. The van der Waals surface area contributed by atoms with Crippen molar-refractivity contribution >= 4 is 17.5 Å². The summed E-state index contributed by atoms with van der Waals surface area (Å²) in [5, 5.41) is 0.687. The maximum Gasteiger partial charge on any atom is 0.253 e. The smallest absolute Gasteiger partial charge is 0.253 e. The summed E-state index contributed by atoms with van der Waals surface area (Å²) < 4.78 is 16.1. The van der Waals surface area contributed by atoms with Gasteiger partial charge in [-0.3, -0.25) is 4.79 Å². The summed E-state index contributed by atoms with van der Waals surface area (Å²) in [5.41, 5.74) is 0.543. The Morgan fingerprint density at radius 1 is 0.962 bits per heavy atom. The summed E-state index contributed by atoms with van der Waals surface area (Å²) in [4.78, 5) is 14.3. The van der Waals surface area contributed by atoms with Crippen molar-refractivity contribution in [3.63, 3.8) is 0 Å². The van der Waals surface area contributed by atoms with Crippen LogP contribution in [-0.4, -0.2) is 45.2 Å². The van der Waals surface area contributed by atoms with E-state index in [4.69, 9.17) is 25.8 Å². The maximum absolute atomic E-state index is 12.6. The van der Waals surface area contributed by atoms with E-state index in [0.29, 0.717) is 35.2 Å². The molecule has 140 valence electrons. The molecule has 0 saturated carbocycles. The molecule has 0 saturated heterocycles. The SMILES string of the molecule is COc1cc(OC)cc(C(=O)N(C)CCCCOc2ccc(Cl)cc2)c1. The number of ether oxygens (including phenoxy) is 3. The van der Waals surface area contributed by atoms with E-state index in [1.54, 1.807) is 56.5 Å². The predicted molar refractivity (Wildman–Crippen MR) is 103 cm³/mol. The van der Waals surface area contributed by atoms with Gasteiger partial charge in [-0.05, 0) is 49.2 Å². The Kier molecular flexibility index (Phi) is 7.60. The summed E-state index contributed by atoms with van der Waals surface area (Å²) in [6.07, 6.45) is 1.69. The van der Waals surface area contributed by atoms with Crippen LogP contribution >= 0.6 is 11.6 Å². The molecule has 2 rings (SSSR count). The fourth-order valence-electron chi connectivity index (χ4n) is 2.42. The minimum atomic E-state index is -0.0687. The molecular formula is C20H24ClNO4. The molecule has 1 amide bonds. The van der Waals surface area contributed by atoms with Crippen LogP contribution in [0.15, 0.2) is 42.5 Å². The molecule has 26 heavy (non-hydrogen) atoms. The van der Waals surface area contributed by atoms with Gasteiger partial charge in [0.05, 0.1) is 20.8 Å². The molecule has 2 aromatic rings. The zero-order valence-electron chi connectivity index (χ0n) is 15.3. The number of hydrogen-bond donors (Lipinski definition) is 0. The van der Waals surface area contributed by atoms with Crippen LogP contribution in [0, 0.1) is 0 Å². The highest BCUT2D eigenvalue weighted by Gasteiger charge is 2.14. The summed E-state index contributed by atoms with van der Waals surface area (Å²) in [6, 6.07) is 12.4. The molecule has 0 aliphatic carbocycles. The Balaban J connectivity index is 1.79. The standard InChI is InChI=1S/C20H24ClNO4/c1-22(10-4-5-11-26-17-8-6-16(21)7-9-17)20(23)15-12-18(24-2)14-19(13-15)25-3/h6-9,12-14H,4-5,10-11H2,1-3H3. The van der Waals surface area contributed by atoms with Gasteiger partial charge in [0.25, 0.3) is 5.91 Å². The van der Waals surface area contributed by atoms with Gasteiger partial charge in [0, 0.05) is 30.2 Å². The van der Waals surface area contributed by atoms with E-state index in [0.717, 1.165) is 18.6 Å². The van der Waals surface area contributed by atoms with E-state index in [-0.39, 0.29) is 5.91 Å². The van der Waals surface area contributed by atoms with Gasteiger partial charge in [-0.1, -0.05) is 11.6 Å². The minimum Gasteiger partial charge on any atom is -0.497 e. The molecular weight excluding hydrogens is 354 g/mol. The molecule has 0 unspecified atom stereocenters. The summed E-state index contributed by atoms with van der Waals surface area (Å²) in [5.74, 6) is 1.91. The van der Waals surface area contributed by atoms with Crippen LogP contribution in [0.1, 0.15) is 23.2 Å². The molecule has 0 spiro atoms. The second kappa shape index (κ2) is 9.92. The Bertz CT molecular complexity index is 696. The fourth-order valence-corrected chi connectivity index (χ4v) is 2.55.